The monoisotopic (exact) mass is 198 g/mol. The first kappa shape index (κ1) is 11.0. The van der Waals surface area contributed by atoms with Crippen LogP contribution in [-0.2, 0) is 9.59 Å². The molecule has 0 atom stereocenters. The summed E-state index contributed by atoms with van der Waals surface area (Å²) in [5, 5.41) is 12.5. The van der Waals surface area contributed by atoms with Crippen LogP contribution in [0.3, 0.4) is 0 Å². The molecule has 80 valence electrons. The molecule has 1 N–H and O–H groups in total. The number of aliphatic carboxylic acids is 1. The highest BCUT2D eigenvalue weighted by atomic mass is 16.4. The fourth-order valence-corrected chi connectivity index (χ4v) is 1.83. The Bertz CT molecular complexity index is 219. The predicted molar refractivity (Wildman–Crippen MR) is 49.1 cm³/mol. The van der Waals surface area contributed by atoms with Crippen molar-refractivity contribution in [2.45, 2.75) is 32.6 Å². The van der Waals surface area contributed by atoms with Crippen LogP contribution in [0.5, 0.6) is 0 Å². The third-order valence-electron chi connectivity index (χ3n) is 2.79. The lowest BCUT2D eigenvalue weighted by molar-refractivity contribution is -0.304. The normalized spacial score (nSPS) is 26.9. The number of rotatable bonds is 3. The minimum atomic E-state index is -1.23. The second kappa shape index (κ2) is 4.98. The van der Waals surface area contributed by atoms with Crippen molar-refractivity contribution < 1.29 is 14.7 Å². The number of nitrogens with one attached hydrogen (secondary N) is 1. The summed E-state index contributed by atoms with van der Waals surface area (Å²) in [6, 6.07) is 0. The Morgan fingerprint density at radius 3 is 2.36 bits per heavy atom. The number of amides is 1. The first-order valence-electron chi connectivity index (χ1n) is 5.07. The van der Waals surface area contributed by atoms with Gasteiger partial charge in [-0.05, 0) is 31.6 Å². The lowest BCUT2D eigenvalue weighted by atomic mass is 9.82. The van der Waals surface area contributed by atoms with Crippen LogP contribution < -0.4 is 10.4 Å². The number of carbonyl (C=O) groups is 2. The molecule has 1 rings (SSSR count). The second-order valence-electron chi connectivity index (χ2n) is 4.05. The van der Waals surface area contributed by atoms with Crippen molar-refractivity contribution in [2.24, 2.45) is 11.8 Å². The van der Waals surface area contributed by atoms with Gasteiger partial charge < -0.3 is 15.2 Å². The van der Waals surface area contributed by atoms with E-state index in [1.165, 1.54) is 0 Å². The molecule has 0 unspecified atom stereocenters. The lowest BCUT2D eigenvalue weighted by Crippen LogP contribution is -2.41. The first-order valence-corrected chi connectivity index (χ1v) is 5.07. The summed E-state index contributed by atoms with van der Waals surface area (Å²) >= 11 is 0. The van der Waals surface area contributed by atoms with Gasteiger partial charge in [-0.1, -0.05) is 6.92 Å². The lowest BCUT2D eigenvalue weighted by Gasteiger charge is -2.25. The van der Waals surface area contributed by atoms with Crippen LogP contribution >= 0.6 is 0 Å². The van der Waals surface area contributed by atoms with Gasteiger partial charge in [-0.2, -0.15) is 0 Å². The summed E-state index contributed by atoms with van der Waals surface area (Å²) in [5.74, 6) is -0.672. The number of carbonyl (C=O) groups excluding carboxylic acids is 2. The fourth-order valence-electron chi connectivity index (χ4n) is 1.83. The molecule has 0 saturated heterocycles. The summed E-state index contributed by atoms with van der Waals surface area (Å²) in [5.41, 5.74) is 0. The summed E-state index contributed by atoms with van der Waals surface area (Å²) < 4.78 is 0. The molecule has 4 heteroatoms. The zero-order valence-corrected chi connectivity index (χ0v) is 8.41. The van der Waals surface area contributed by atoms with Gasteiger partial charge in [-0.15, -0.1) is 0 Å². The van der Waals surface area contributed by atoms with Crippen LogP contribution in [0.25, 0.3) is 0 Å². The molecule has 0 aromatic heterocycles. The van der Waals surface area contributed by atoms with Crippen LogP contribution in [0.2, 0.25) is 0 Å². The number of hydrogen-bond donors (Lipinski definition) is 1. The smallest absolute Gasteiger partial charge is 0.223 e. The van der Waals surface area contributed by atoms with E-state index in [1.54, 1.807) is 0 Å². The van der Waals surface area contributed by atoms with Crippen molar-refractivity contribution in [1.29, 1.82) is 0 Å². The van der Waals surface area contributed by atoms with E-state index in [4.69, 9.17) is 0 Å². The first-order chi connectivity index (χ1) is 6.59. The number of carboxylic acid groups (broad SMARTS) is 1. The van der Waals surface area contributed by atoms with Crippen LogP contribution in [0.15, 0.2) is 0 Å². The zero-order chi connectivity index (χ0) is 10.6. The average molecular weight is 198 g/mol. The Labute approximate surface area is 83.7 Å². The maximum absolute atomic E-state index is 11.4. The Morgan fingerprint density at radius 2 is 1.86 bits per heavy atom. The standard InChI is InChI=1S/C10H17NO3/c1-7-2-4-8(5-3-7)10(14)11-6-9(12)13/h7-8H,2-6H2,1H3,(H,11,14)(H,12,13)/p-1. The van der Waals surface area contributed by atoms with Gasteiger partial charge >= 0.3 is 0 Å². The van der Waals surface area contributed by atoms with Crippen molar-refractivity contribution in [2.75, 3.05) is 6.54 Å². The van der Waals surface area contributed by atoms with Gasteiger partial charge in [0.2, 0.25) is 5.91 Å². The van der Waals surface area contributed by atoms with E-state index in [9.17, 15) is 14.7 Å². The highest BCUT2D eigenvalue weighted by Crippen LogP contribution is 2.28. The molecule has 0 bridgehead atoms. The molecular weight excluding hydrogens is 182 g/mol. The van der Waals surface area contributed by atoms with Gasteiger partial charge in [0, 0.05) is 5.92 Å². The minimum Gasteiger partial charge on any atom is -0.548 e. The van der Waals surface area contributed by atoms with E-state index in [-0.39, 0.29) is 18.4 Å². The Morgan fingerprint density at radius 1 is 1.29 bits per heavy atom. The Hall–Kier alpha value is -1.06. The molecule has 0 heterocycles. The maximum Gasteiger partial charge on any atom is 0.223 e. The third-order valence-corrected chi connectivity index (χ3v) is 2.79. The summed E-state index contributed by atoms with van der Waals surface area (Å²) in [7, 11) is 0. The summed E-state index contributed by atoms with van der Waals surface area (Å²) in [6.45, 7) is 1.81. The van der Waals surface area contributed by atoms with Crippen molar-refractivity contribution >= 4 is 11.9 Å². The van der Waals surface area contributed by atoms with Gasteiger partial charge in [0.25, 0.3) is 0 Å². The Balaban J connectivity index is 2.27. The Kier molecular flexibility index (Phi) is 3.92. The van der Waals surface area contributed by atoms with E-state index < -0.39 is 5.97 Å². The predicted octanol–water partition coefficient (Wildman–Crippen LogP) is -0.321. The number of hydrogen-bond acceptors (Lipinski definition) is 3. The van der Waals surface area contributed by atoms with Crippen LogP contribution in [0.1, 0.15) is 32.6 Å². The van der Waals surface area contributed by atoms with Gasteiger partial charge in [0.05, 0.1) is 12.5 Å². The van der Waals surface area contributed by atoms with Crippen LogP contribution in [0.4, 0.5) is 0 Å². The van der Waals surface area contributed by atoms with Gasteiger partial charge in [-0.25, -0.2) is 0 Å². The molecular formula is C10H16NO3-. The number of carboxylic acids is 1. The largest absolute Gasteiger partial charge is 0.548 e. The zero-order valence-electron chi connectivity index (χ0n) is 8.41. The maximum atomic E-state index is 11.4. The van der Waals surface area contributed by atoms with Crippen molar-refractivity contribution in [3.05, 3.63) is 0 Å². The van der Waals surface area contributed by atoms with Gasteiger partial charge in [-0.3, -0.25) is 4.79 Å². The molecule has 14 heavy (non-hydrogen) atoms. The fraction of sp³-hybridized carbons (Fsp3) is 0.800. The highest BCUT2D eigenvalue weighted by Gasteiger charge is 2.23. The molecule has 1 fully saturated rings. The SMILES string of the molecule is CC1CCC(C(=O)NCC(=O)[O-])CC1. The molecule has 4 nitrogen and oxygen atoms in total. The van der Waals surface area contributed by atoms with E-state index in [2.05, 4.69) is 12.2 Å². The third kappa shape index (κ3) is 3.36. The van der Waals surface area contributed by atoms with E-state index in [1.807, 2.05) is 0 Å². The molecule has 1 amide bonds. The highest BCUT2D eigenvalue weighted by molar-refractivity contribution is 5.82. The molecule has 0 spiro atoms. The second-order valence-corrected chi connectivity index (χ2v) is 4.05. The molecule has 0 aromatic carbocycles. The van der Waals surface area contributed by atoms with Gasteiger partial charge in [0.15, 0.2) is 0 Å². The molecule has 0 aromatic rings. The molecule has 0 aliphatic heterocycles. The topological polar surface area (TPSA) is 69.2 Å². The van der Waals surface area contributed by atoms with Crippen LogP contribution in [-0.4, -0.2) is 18.4 Å². The average Bonchev–Trinajstić information content (AvgIpc) is 2.15. The molecule has 1 aliphatic carbocycles. The van der Waals surface area contributed by atoms with Crippen molar-refractivity contribution in [3.8, 4) is 0 Å². The van der Waals surface area contributed by atoms with Gasteiger partial charge in [0.1, 0.15) is 0 Å². The van der Waals surface area contributed by atoms with E-state index >= 15 is 0 Å². The summed E-state index contributed by atoms with van der Waals surface area (Å²) in [4.78, 5) is 21.5. The van der Waals surface area contributed by atoms with Crippen molar-refractivity contribution in [3.63, 3.8) is 0 Å². The summed E-state index contributed by atoms with van der Waals surface area (Å²) in [6.07, 6.45) is 3.87. The molecule has 0 radical (unpaired) electrons. The minimum absolute atomic E-state index is 0.00514. The van der Waals surface area contributed by atoms with Crippen molar-refractivity contribution in [1.82, 2.24) is 5.32 Å². The van der Waals surface area contributed by atoms with E-state index in [0.29, 0.717) is 5.92 Å². The molecule has 1 saturated carbocycles. The quantitative estimate of drug-likeness (QED) is 0.675. The molecule has 1 aliphatic rings. The van der Waals surface area contributed by atoms with Crippen LogP contribution in [0, 0.1) is 11.8 Å². The van der Waals surface area contributed by atoms with E-state index in [0.717, 1.165) is 25.7 Å².